The molecule has 0 radical (unpaired) electrons. The van der Waals surface area contributed by atoms with E-state index in [0.29, 0.717) is 0 Å². The first kappa shape index (κ1) is 21.6. The first-order valence-electron chi connectivity index (χ1n) is 10.6. The van der Waals surface area contributed by atoms with Crippen LogP contribution in [-0.2, 0) is 28.5 Å². The molecule has 0 aromatic heterocycles. The monoisotopic (exact) mass is 602 g/mol. The molecule has 3 aromatic carbocycles. The average molecular weight is 601 g/mol. The van der Waals surface area contributed by atoms with E-state index in [1.165, 1.54) is 46.2 Å². The number of halogens is 1. The Hall–Kier alpha value is -1.64. The van der Waals surface area contributed by atoms with E-state index in [1.807, 2.05) is 6.07 Å². The Morgan fingerprint density at radius 1 is 0.933 bits per heavy atom. The van der Waals surface area contributed by atoms with Crippen LogP contribution < -0.4 is 0 Å². The minimum atomic E-state index is -0.978. The van der Waals surface area contributed by atoms with Crippen molar-refractivity contribution < 1.29 is 29.0 Å². The third kappa shape index (κ3) is 4.98. The van der Waals surface area contributed by atoms with Crippen LogP contribution in [0, 0.1) is 5.82 Å². The second-order valence-electron chi connectivity index (χ2n) is 7.82. The molecule has 0 N–H and O–H groups in total. The maximum absolute atomic E-state index is 14.1. The van der Waals surface area contributed by atoms with Gasteiger partial charge in [-0.2, -0.15) is 0 Å². The van der Waals surface area contributed by atoms with E-state index in [2.05, 4.69) is 73.9 Å². The Kier molecular flexibility index (Phi) is 7.27. The molecule has 1 aliphatic carbocycles. The SMILES string of the molecule is CSc1ccc(/C=C2/C(C)=C(C[CH2][Hg][CH2]c3ccccc3)c3cc(F)ccc32)cc1. The summed E-state index contributed by atoms with van der Waals surface area (Å²) >= 11 is 0.777. The van der Waals surface area contributed by atoms with Crippen molar-refractivity contribution in [2.75, 3.05) is 6.26 Å². The Morgan fingerprint density at radius 3 is 2.43 bits per heavy atom. The first-order valence-corrected chi connectivity index (χ1v) is 19.6. The first-order chi connectivity index (χ1) is 14.7. The molecule has 0 fully saturated rings. The molecule has 0 spiro atoms. The molecule has 148 valence electrons. The van der Waals surface area contributed by atoms with Crippen molar-refractivity contribution in [2.24, 2.45) is 0 Å². The van der Waals surface area contributed by atoms with Gasteiger partial charge in [-0.25, -0.2) is 0 Å². The molecule has 0 aliphatic heterocycles. The number of rotatable bonds is 7. The zero-order valence-corrected chi connectivity index (χ0v) is 23.9. The minimum absolute atomic E-state index is 0.140. The standard InChI is InChI=1S/C20H18FS.C7H7.Hg/c1-4-17-13(2)19(18-10-7-15(21)12-20(17)18)11-14-5-8-16(22-3)9-6-14;1-7-5-3-2-4-6-7;/h5-12H,1,4H2,2-3H3;2-6H,1H2;/b19-11-;;. The van der Waals surface area contributed by atoms with E-state index in [0.717, 1.165) is 12.0 Å². The van der Waals surface area contributed by atoms with E-state index in [9.17, 15) is 4.39 Å². The summed E-state index contributed by atoms with van der Waals surface area (Å²) in [5, 5.41) is 0. The second-order valence-corrected chi connectivity index (χ2v) is 16.1. The Labute approximate surface area is 195 Å². The number of allylic oxidation sites excluding steroid dienone is 3. The Balaban J connectivity index is 1.56. The van der Waals surface area contributed by atoms with Gasteiger partial charge >= 0.3 is 197 Å². The summed E-state index contributed by atoms with van der Waals surface area (Å²) in [6.45, 7) is 2.21. The third-order valence-corrected chi connectivity index (χ3v) is 13.5. The molecule has 3 aromatic rings. The number of thioether (sulfide) groups is 1. The van der Waals surface area contributed by atoms with Gasteiger partial charge in [-0.1, -0.05) is 0 Å². The fourth-order valence-corrected chi connectivity index (χ4v) is 10.8. The van der Waals surface area contributed by atoms with Gasteiger partial charge in [0.15, 0.2) is 0 Å². The zero-order valence-electron chi connectivity index (χ0n) is 17.6. The fourth-order valence-electron chi connectivity index (χ4n) is 4.22. The second kappa shape index (κ2) is 10.1. The topological polar surface area (TPSA) is 0 Å². The summed E-state index contributed by atoms with van der Waals surface area (Å²) in [7, 11) is 0. The van der Waals surface area contributed by atoms with Gasteiger partial charge in [0, 0.05) is 0 Å². The van der Waals surface area contributed by atoms with Crippen LogP contribution in [0.4, 0.5) is 4.39 Å². The van der Waals surface area contributed by atoms with Crippen molar-refractivity contribution in [1.82, 2.24) is 0 Å². The van der Waals surface area contributed by atoms with E-state index < -0.39 is 24.6 Å². The molecule has 0 saturated heterocycles. The van der Waals surface area contributed by atoms with E-state index in [-0.39, 0.29) is 5.82 Å². The third-order valence-electron chi connectivity index (χ3n) is 5.87. The molecule has 30 heavy (non-hydrogen) atoms. The van der Waals surface area contributed by atoms with Crippen LogP contribution in [0.5, 0.6) is 0 Å². The molecule has 4 rings (SSSR count). The predicted molar refractivity (Wildman–Crippen MR) is 125 cm³/mol. The Bertz CT molecular complexity index is 1080. The molecule has 0 bridgehead atoms. The van der Waals surface area contributed by atoms with Gasteiger partial charge in [-0.05, 0) is 0 Å². The van der Waals surface area contributed by atoms with Gasteiger partial charge in [0.05, 0.1) is 0 Å². The van der Waals surface area contributed by atoms with Gasteiger partial charge < -0.3 is 0 Å². The molecular weight excluding hydrogens is 576 g/mol. The molecule has 0 saturated carbocycles. The van der Waals surface area contributed by atoms with Crippen LogP contribution in [-0.4, -0.2) is 6.26 Å². The summed E-state index contributed by atoms with van der Waals surface area (Å²) in [4.78, 5) is 1.27. The number of fused-ring (bicyclic) bond motifs is 1. The summed E-state index contributed by atoms with van der Waals surface area (Å²) in [6.07, 6.45) is 5.44. The summed E-state index contributed by atoms with van der Waals surface area (Å²) in [6, 6.07) is 24.8. The van der Waals surface area contributed by atoms with Crippen LogP contribution in [0.25, 0.3) is 17.2 Å². The van der Waals surface area contributed by atoms with Gasteiger partial charge in [0.2, 0.25) is 0 Å². The number of hydrogen-bond acceptors (Lipinski definition) is 1. The van der Waals surface area contributed by atoms with Crippen molar-refractivity contribution in [3.05, 3.63) is 106 Å². The molecule has 0 unspecified atom stereocenters. The summed E-state index contributed by atoms with van der Waals surface area (Å²) < 4.78 is 16.7. The van der Waals surface area contributed by atoms with Gasteiger partial charge in [-0.3, -0.25) is 0 Å². The van der Waals surface area contributed by atoms with E-state index in [1.54, 1.807) is 23.9 Å². The van der Waals surface area contributed by atoms with E-state index in [4.69, 9.17) is 0 Å². The number of benzene rings is 3. The van der Waals surface area contributed by atoms with Gasteiger partial charge in [0.25, 0.3) is 0 Å². The molecule has 1 aliphatic rings. The van der Waals surface area contributed by atoms with E-state index >= 15 is 0 Å². The Morgan fingerprint density at radius 2 is 1.70 bits per heavy atom. The van der Waals surface area contributed by atoms with Gasteiger partial charge in [-0.15, -0.1) is 0 Å². The van der Waals surface area contributed by atoms with Crippen LogP contribution in [0.15, 0.2) is 83.3 Å². The molecule has 0 atom stereocenters. The van der Waals surface area contributed by atoms with Crippen molar-refractivity contribution in [3.63, 3.8) is 0 Å². The molecular formula is C27H25FHgS. The number of hydrogen-bond donors (Lipinski definition) is 0. The predicted octanol–water partition coefficient (Wildman–Crippen LogP) is 7.97. The van der Waals surface area contributed by atoms with Crippen LogP contribution >= 0.6 is 11.8 Å². The quantitative estimate of drug-likeness (QED) is 0.151. The summed E-state index contributed by atoms with van der Waals surface area (Å²) in [5.41, 5.74) is 8.88. The maximum atomic E-state index is 14.1. The molecule has 3 heteroatoms. The summed E-state index contributed by atoms with van der Waals surface area (Å²) in [5.74, 6) is -0.140. The van der Waals surface area contributed by atoms with Crippen LogP contribution in [0.2, 0.25) is 3.93 Å². The molecule has 0 nitrogen and oxygen atoms in total. The molecule has 0 heterocycles. The van der Waals surface area contributed by atoms with Gasteiger partial charge in [0.1, 0.15) is 0 Å². The van der Waals surface area contributed by atoms with Crippen molar-refractivity contribution in [1.29, 1.82) is 0 Å². The normalized spacial score (nSPS) is 14.2. The van der Waals surface area contributed by atoms with Crippen molar-refractivity contribution >= 4 is 29.0 Å². The van der Waals surface area contributed by atoms with Crippen molar-refractivity contribution in [3.8, 4) is 0 Å². The molecule has 0 amide bonds. The van der Waals surface area contributed by atoms with Crippen LogP contribution in [0.3, 0.4) is 0 Å². The fraction of sp³-hybridized carbons (Fsp3) is 0.185. The van der Waals surface area contributed by atoms with Crippen LogP contribution in [0.1, 0.15) is 35.6 Å². The average Bonchev–Trinajstić information content (AvgIpc) is 3.03. The zero-order chi connectivity index (χ0) is 20.9. The van der Waals surface area contributed by atoms with Crippen molar-refractivity contribution in [2.45, 2.75) is 26.1 Å².